The van der Waals surface area contributed by atoms with E-state index in [0.29, 0.717) is 36.9 Å². The lowest BCUT2D eigenvalue weighted by atomic mass is 9.89. The quantitative estimate of drug-likeness (QED) is 0.759. The number of carbonyl (C=O) groups excluding carboxylic acids is 2. The fraction of sp³-hybridized carbons (Fsp3) is 0.867. The third-order valence-corrected chi connectivity index (χ3v) is 4.32. The summed E-state index contributed by atoms with van der Waals surface area (Å²) in [4.78, 5) is 25.2. The van der Waals surface area contributed by atoms with Crippen molar-refractivity contribution in [3.05, 3.63) is 0 Å². The predicted molar refractivity (Wildman–Crippen MR) is 77.9 cm³/mol. The fourth-order valence-corrected chi connectivity index (χ4v) is 3.60. The summed E-state index contributed by atoms with van der Waals surface area (Å²) in [6.07, 6.45) is 5.23. The highest BCUT2D eigenvalue weighted by Crippen LogP contribution is 2.33. The van der Waals surface area contributed by atoms with Gasteiger partial charge in [-0.3, -0.25) is 9.59 Å². The van der Waals surface area contributed by atoms with Gasteiger partial charge in [-0.2, -0.15) is 0 Å². The number of hydrogen-bond donors (Lipinski definition) is 2. The van der Waals surface area contributed by atoms with Crippen LogP contribution in [0.1, 0.15) is 46.0 Å². The molecule has 2 aliphatic heterocycles. The molecule has 20 heavy (non-hydrogen) atoms. The van der Waals surface area contributed by atoms with E-state index in [9.17, 15) is 9.59 Å². The number of nitrogens with one attached hydrogen (secondary N) is 1. The molecule has 3 N–H and O–H groups in total. The van der Waals surface area contributed by atoms with Gasteiger partial charge in [0.15, 0.2) is 0 Å². The summed E-state index contributed by atoms with van der Waals surface area (Å²) in [5.41, 5.74) is 5.25. The zero-order chi connectivity index (χ0) is 14.7. The van der Waals surface area contributed by atoms with Crippen molar-refractivity contribution in [1.29, 1.82) is 0 Å². The lowest BCUT2D eigenvalue weighted by Gasteiger charge is -2.31. The summed E-state index contributed by atoms with van der Waals surface area (Å²) in [7, 11) is 0. The molecule has 0 spiro atoms. The predicted octanol–water partition coefficient (Wildman–Crippen LogP) is 0.877. The maximum absolute atomic E-state index is 12.4. The maximum atomic E-state index is 12.4. The summed E-state index contributed by atoms with van der Waals surface area (Å²) in [6, 6.07) is 1.20. The van der Waals surface area contributed by atoms with Gasteiger partial charge in [-0.1, -0.05) is 13.8 Å². The molecule has 2 fully saturated rings. The zero-order valence-electron chi connectivity index (χ0n) is 12.6. The van der Waals surface area contributed by atoms with Crippen LogP contribution in [0.15, 0.2) is 0 Å². The number of nitrogens with zero attached hydrogens (tertiary/aromatic N) is 1. The SMILES string of the molecule is CC(C)CN(CC(N)=O)C(=O)CC1CC2CCC(C1)N2. The van der Waals surface area contributed by atoms with Gasteiger partial charge in [0.05, 0.1) is 6.54 Å². The third kappa shape index (κ3) is 4.20. The van der Waals surface area contributed by atoms with Crippen LogP contribution in [0.5, 0.6) is 0 Å². The smallest absolute Gasteiger partial charge is 0.237 e. The number of hydrogen-bond acceptors (Lipinski definition) is 3. The minimum Gasteiger partial charge on any atom is -0.368 e. The van der Waals surface area contributed by atoms with Crippen molar-refractivity contribution < 1.29 is 9.59 Å². The van der Waals surface area contributed by atoms with E-state index >= 15 is 0 Å². The highest BCUT2D eigenvalue weighted by atomic mass is 16.2. The molecule has 0 aromatic heterocycles. The number of rotatable bonds is 6. The Morgan fingerprint density at radius 3 is 2.35 bits per heavy atom. The zero-order valence-corrected chi connectivity index (χ0v) is 12.6. The number of primary amides is 1. The van der Waals surface area contributed by atoms with Crippen molar-refractivity contribution in [3.8, 4) is 0 Å². The van der Waals surface area contributed by atoms with Crippen LogP contribution in [0.3, 0.4) is 0 Å². The van der Waals surface area contributed by atoms with Crippen molar-refractivity contribution in [1.82, 2.24) is 10.2 Å². The summed E-state index contributed by atoms with van der Waals surface area (Å²) in [5.74, 6) is 0.472. The van der Waals surface area contributed by atoms with Gasteiger partial charge < -0.3 is 16.0 Å². The summed E-state index contributed by atoms with van der Waals surface area (Å²) in [6.45, 7) is 4.76. The van der Waals surface area contributed by atoms with E-state index in [1.807, 2.05) is 13.8 Å². The molecule has 2 rings (SSSR count). The number of fused-ring (bicyclic) bond motifs is 2. The summed E-state index contributed by atoms with van der Waals surface area (Å²) < 4.78 is 0. The first-order valence-electron chi connectivity index (χ1n) is 7.76. The highest BCUT2D eigenvalue weighted by Gasteiger charge is 2.34. The fourth-order valence-electron chi connectivity index (χ4n) is 3.60. The van der Waals surface area contributed by atoms with Gasteiger partial charge in [0.2, 0.25) is 11.8 Å². The van der Waals surface area contributed by atoms with Crippen LogP contribution in [-0.2, 0) is 9.59 Å². The average Bonchev–Trinajstić information content (AvgIpc) is 2.66. The maximum Gasteiger partial charge on any atom is 0.237 e. The molecule has 0 aromatic rings. The molecule has 2 atom stereocenters. The molecule has 0 radical (unpaired) electrons. The second-order valence-electron chi connectivity index (χ2n) is 6.81. The van der Waals surface area contributed by atoms with Crippen molar-refractivity contribution in [2.45, 2.75) is 58.0 Å². The number of piperidine rings is 1. The highest BCUT2D eigenvalue weighted by molar-refractivity contribution is 5.83. The Bertz CT molecular complexity index is 358. The van der Waals surface area contributed by atoms with Gasteiger partial charge in [0.25, 0.3) is 0 Å². The molecule has 2 amide bonds. The standard InChI is InChI=1S/C15H27N3O2/c1-10(2)8-18(9-14(16)19)15(20)7-11-5-12-3-4-13(6-11)17-12/h10-13,17H,3-9H2,1-2H3,(H2,16,19). The molecule has 0 saturated carbocycles. The van der Waals surface area contributed by atoms with E-state index < -0.39 is 5.91 Å². The number of carbonyl (C=O) groups is 2. The van der Waals surface area contributed by atoms with E-state index in [-0.39, 0.29) is 12.5 Å². The molecule has 2 heterocycles. The molecule has 0 aliphatic carbocycles. The van der Waals surface area contributed by atoms with Crippen LogP contribution < -0.4 is 11.1 Å². The van der Waals surface area contributed by atoms with E-state index in [1.54, 1.807) is 4.90 Å². The van der Waals surface area contributed by atoms with E-state index in [1.165, 1.54) is 12.8 Å². The Hall–Kier alpha value is -1.10. The molecule has 2 unspecified atom stereocenters. The van der Waals surface area contributed by atoms with Gasteiger partial charge in [-0.25, -0.2) is 0 Å². The molecular weight excluding hydrogens is 254 g/mol. The van der Waals surface area contributed by atoms with Gasteiger partial charge in [-0.05, 0) is 37.5 Å². The summed E-state index contributed by atoms with van der Waals surface area (Å²) >= 11 is 0. The van der Waals surface area contributed by atoms with Gasteiger partial charge in [0, 0.05) is 25.0 Å². The van der Waals surface area contributed by atoms with Crippen molar-refractivity contribution in [2.24, 2.45) is 17.6 Å². The van der Waals surface area contributed by atoms with Crippen LogP contribution in [-0.4, -0.2) is 41.9 Å². The Kier molecular flexibility index (Phi) is 5.02. The first-order chi connectivity index (χ1) is 9.44. The first-order valence-corrected chi connectivity index (χ1v) is 7.76. The van der Waals surface area contributed by atoms with Gasteiger partial charge >= 0.3 is 0 Å². The molecule has 2 aliphatic rings. The largest absolute Gasteiger partial charge is 0.368 e. The average molecular weight is 281 g/mol. The Balaban J connectivity index is 1.88. The first kappa shape index (κ1) is 15.3. The normalized spacial score (nSPS) is 28.6. The minimum atomic E-state index is -0.426. The van der Waals surface area contributed by atoms with Crippen LogP contribution >= 0.6 is 0 Å². The van der Waals surface area contributed by atoms with E-state index in [4.69, 9.17) is 5.73 Å². The van der Waals surface area contributed by atoms with Crippen LogP contribution in [0, 0.1) is 11.8 Å². The second kappa shape index (κ2) is 6.57. The van der Waals surface area contributed by atoms with E-state index in [0.717, 1.165) is 12.8 Å². The van der Waals surface area contributed by atoms with Crippen LogP contribution in [0.2, 0.25) is 0 Å². The molecule has 5 nitrogen and oxygen atoms in total. The molecule has 114 valence electrons. The van der Waals surface area contributed by atoms with Gasteiger partial charge in [0.1, 0.15) is 0 Å². The Labute approximate surface area is 121 Å². The number of amides is 2. The minimum absolute atomic E-state index is 0.0504. The van der Waals surface area contributed by atoms with Crippen LogP contribution in [0.4, 0.5) is 0 Å². The molecular formula is C15H27N3O2. The number of nitrogens with two attached hydrogens (primary N) is 1. The van der Waals surface area contributed by atoms with Crippen LogP contribution in [0.25, 0.3) is 0 Å². The topological polar surface area (TPSA) is 75.4 Å². The summed E-state index contributed by atoms with van der Waals surface area (Å²) in [5, 5.41) is 3.59. The van der Waals surface area contributed by atoms with Crippen molar-refractivity contribution in [3.63, 3.8) is 0 Å². The van der Waals surface area contributed by atoms with Crippen molar-refractivity contribution in [2.75, 3.05) is 13.1 Å². The lowest BCUT2D eigenvalue weighted by Crippen LogP contribution is -2.43. The monoisotopic (exact) mass is 281 g/mol. The van der Waals surface area contributed by atoms with E-state index in [2.05, 4.69) is 5.32 Å². The second-order valence-corrected chi connectivity index (χ2v) is 6.81. The lowest BCUT2D eigenvalue weighted by molar-refractivity contribution is -0.136. The Morgan fingerprint density at radius 1 is 1.25 bits per heavy atom. The molecule has 2 saturated heterocycles. The molecule has 5 heteroatoms. The Morgan fingerprint density at radius 2 is 1.85 bits per heavy atom. The molecule has 0 aromatic carbocycles. The molecule has 2 bridgehead atoms. The van der Waals surface area contributed by atoms with Crippen molar-refractivity contribution >= 4 is 11.8 Å². The van der Waals surface area contributed by atoms with Gasteiger partial charge in [-0.15, -0.1) is 0 Å². The third-order valence-electron chi connectivity index (χ3n) is 4.32.